The molecule has 0 aliphatic carbocycles. The van der Waals surface area contributed by atoms with Crippen molar-refractivity contribution in [1.29, 1.82) is 0 Å². The molecule has 2 aromatic carbocycles. The number of rotatable bonds is 4. The number of ether oxygens (including phenoxy) is 1. The zero-order chi connectivity index (χ0) is 13.8. The third-order valence-electron chi connectivity index (χ3n) is 2.88. The van der Waals surface area contributed by atoms with E-state index in [9.17, 15) is 5.11 Å². The van der Waals surface area contributed by atoms with E-state index in [1.807, 2.05) is 42.5 Å². The Morgan fingerprint density at radius 3 is 2.63 bits per heavy atom. The van der Waals surface area contributed by atoms with Crippen LogP contribution in [0, 0.1) is 0 Å². The minimum Gasteiger partial charge on any atom is -0.497 e. The van der Waals surface area contributed by atoms with Gasteiger partial charge in [-0.3, -0.25) is 0 Å². The third kappa shape index (κ3) is 3.81. The van der Waals surface area contributed by atoms with Crippen molar-refractivity contribution in [3.63, 3.8) is 0 Å². The van der Waals surface area contributed by atoms with Gasteiger partial charge >= 0.3 is 0 Å². The summed E-state index contributed by atoms with van der Waals surface area (Å²) in [5.74, 6) is 0.805. The van der Waals surface area contributed by atoms with Gasteiger partial charge in [-0.1, -0.05) is 50.1 Å². The van der Waals surface area contributed by atoms with E-state index in [4.69, 9.17) is 4.74 Å². The molecule has 0 bridgehead atoms. The fourth-order valence-corrected chi connectivity index (χ4v) is 3.22. The molecule has 0 amide bonds. The molecule has 1 N–H and O–H groups in total. The molecule has 19 heavy (non-hydrogen) atoms. The number of aliphatic hydroxyl groups excluding tert-OH is 1. The quantitative estimate of drug-likeness (QED) is 0.839. The van der Waals surface area contributed by atoms with Crippen LogP contribution >= 0.6 is 31.9 Å². The van der Waals surface area contributed by atoms with Gasteiger partial charge in [0, 0.05) is 15.4 Å². The van der Waals surface area contributed by atoms with Gasteiger partial charge in [0.05, 0.1) is 13.2 Å². The van der Waals surface area contributed by atoms with Crippen molar-refractivity contribution in [3.05, 3.63) is 62.5 Å². The summed E-state index contributed by atoms with van der Waals surface area (Å²) in [5, 5.41) is 10.3. The summed E-state index contributed by atoms with van der Waals surface area (Å²) < 4.78 is 7.07. The summed E-state index contributed by atoms with van der Waals surface area (Å²) in [4.78, 5) is 0. The van der Waals surface area contributed by atoms with Gasteiger partial charge in [0.2, 0.25) is 0 Å². The molecular formula is C15H14Br2O2. The van der Waals surface area contributed by atoms with Crippen molar-refractivity contribution in [1.82, 2.24) is 0 Å². The topological polar surface area (TPSA) is 29.5 Å². The number of aliphatic hydroxyl groups is 1. The van der Waals surface area contributed by atoms with Crippen LogP contribution in [0.5, 0.6) is 5.75 Å². The summed E-state index contributed by atoms with van der Waals surface area (Å²) in [7, 11) is 1.64. The summed E-state index contributed by atoms with van der Waals surface area (Å²) in [5.41, 5.74) is 1.92. The first kappa shape index (κ1) is 14.6. The van der Waals surface area contributed by atoms with E-state index in [1.165, 1.54) is 0 Å². The predicted octanol–water partition coefficient (Wildman–Crippen LogP) is 4.50. The zero-order valence-corrected chi connectivity index (χ0v) is 13.6. The molecule has 0 aliphatic rings. The Labute approximate surface area is 129 Å². The molecule has 1 atom stereocenters. The molecule has 4 heteroatoms. The van der Waals surface area contributed by atoms with Gasteiger partial charge in [-0.2, -0.15) is 0 Å². The minimum atomic E-state index is -0.547. The van der Waals surface area contributed by atoms with Crippen molar-refractivity contribution in [2.75, 3.05) is 7.11 Å². The van der Waals surface area contributed by atoms with Gasteiger partial charge in [0.1, 0.15) is 5.75 Å². The van der Waals surface area contributed by atoms with E-state index in [1.54, 1.807) is 7.11 Å². The van der Waals surface area contributed by atoms with Crippen molar-refractivity contribution in [2.24, 2.45) is 0 Å². The number of benzene rings is 2. The molecule has 0 aromatic heterocycles. The average molecular weight is 386 g/mol. The highest BCUT2D eigenvalue weighted by Gasteiger charge is 2.12. The lowest BCUT2D eigenvalue weighted by Gasteiger charge is -2.14. The van der Waals surface area contributed by atoms with Crippen LogP contribution in [-0.4, -0.2) is 12.2 Å². The van der Waals surface area contributed by atoms with Crippen LogP contribution < -0.4 is 4.74 Å². The zero-order valence-electron chi connectivity index (χ0n) is 10.4. The lowest BCUT2D eigenvalue weighted by atomic mass is 10.0. The lowest BCUT2D eigenvalue weighted by Crippen LogP contribution is -2.03. The smallest absolute Gasteiger partial charge is 0.119 e. The molecule has 0 fully saturated rings. The van der Waals surface area contributed by atoms with Crippen molar-refractivity contribution < 1.29 is 9.84 Å². The monoisotopic (exact) mass is 384 g/mol. The highest BCUT2D eigenvalue weighted by molar-refractivity contribution is 9.11. The Morgan fingerprint density at radius 2 is 1.95 bits per heavy atom. The molecule has 100 valence electrons. The summed E-state index contributed by atoms with van der Waals surface area (Å²) in [6, 6.07) is 13.5. The van der Waals surface area contributed by atoms with E-state index < -0.39 is 6.10 Å². The lowest BCUT2D eigenvalue weighted by molar-refractivity contribution is 0.177. The van der Waals surface area contributed by atoms with E-state index in [0.717, 1.165) is 25.8 Å². The molecule has 0 spiro atoms. The van der Waals surface area contributed by atoms with Gasteiger partial charge in [-0.25, -0.2) is 0 Å². The highest BCUT2D eigenvalue weighted by Crippen LogP contribution is 2.29. The molecular weight excluding hydrogens is 372 g/mol. The van der Waals surface area contributed by atoms with E-state index in [0.29, 0.717) is 6.42 Å². The second kappa shape index (κ2) is 6.55. The first-order chi connectivity index (χ1) is 9.10. The first-order valence-corrected chi connectivity index (χ1v) is 7.44. The first-order valence-electron chi connectivity index (χ1n) is 5.86. The van der Waals surface area contributed by atoms with Crippen LogP contribution in [0.3, 0.4) is 0 Å². The number of hydrogen-bond donors (Lipinski definition) is 1. The molecule has 2 rings (SSSR count). The predicted molar refractivity (Wildman–Crippen MR) is 83.5 cm³/mol. The Kier molecular flexibility index (Phi) is 5.02. The highest BCUT2D eigenvalue weighted by atomic mass is 79.9. The van der Waals surface area contributed by atoms with Crippen molar-refractivity contribution in [2.45, 2.75) is 12.5 Å². The van der Waals surface area contributed by atoms with Crippen LogP contribution in [0.1, 0.15) is 17.2 Å². The van der Waals surface area contributed by atoms with Crippen LogP contribution in [0.15, 0.2) is 51.4 Å². The van der Waals surface area contributed by atoms with E-state index >= 15 is 0 Å². The maximum Gasteiger partial charge on any atom is 0.119 e. The molecule has 0 heterocycles. The molecule has 0 radical (unpaired) electrons. The van der Waals surface area contributed by atoms with Gasteiger partial charge in [-0.05, 0) is 35.4 Å². The summed E-state index contributed by atoms with van der Waals surface area (Å²) >= 11 is 6.88. The van der Waals surface area contributed by atoms with Crippen molar-refractivity contribution >= 4 is 31.9 Å². The van der Waals surface area contributed by atoms with Gasteiger partial charge in [0.25, 0.3) is 0 Å². The molecule has 2 nitrogen and oxygen atoms in total. The maximum atomic E-state index is 10.3. The van der Waals surface area contributed by atoms with Crippen molar-refractivity contribution in [3.8, 4) is 5.75 Å². The van der Waals surface area contributed by atoms with Gasteiger partial charge in [-0.15, -0.1) is 0 Å². The molecule has 0 aliphatic heterocycles. The number of methoxy groups -OCH3 is 1. The third-order valence-corrected chi connectivity index (χ3v) is 4.06. The van der Waals surface area contributed by atoms with Crippen LogP contribution in [0.2, 0.25) is 0 Å². The number of hydrogen-bond acceptors (Lipinski definition) is 2. The Morgan fingerprint density at radius 1 is 1.16 bits per heavy atom. The standard InChI is InChI=1S/C15H14Br2O2/c1-19-12-4-2-3-10(7-12)8-15(18)13-6-5-11(16)9-14(13)17/h2-7,9,15,18H,8H2,1H3. The fraction of sp³-hybridized carbons (Fsp3) is 0.200. The van der Waals surface area contributed by atoms with Gasteiger partial charge < -0.3 is 9.84 Å². The maximum absolute atomic E-state index is 10.3. The fourth-order valence-electron chi connectivity index (χ4n) is 1.90. The normalized spacial score (nSPS) is 12.2. The average Bonchev–Trinajstić information content (AvgIpc) is 2.38. The van der Waals surface area contributed by atoms with Crippen LogP contribution in [-0.2, 0) is 6.42 Å². The second-order valence-electron chi connectivity index (χ2n) is 4.24. The molecule has 0 saturated heterocycles. The molecule has 0 saturated carbocycles. The van der Waals surface area contributed by atoms with Gasteiger partial charge in [0.15, 0.2) is 0 Å². The molecule has 2 aromatic rings. The summed E-state index contributed by atoms with van der Waals surface area (Å²) in [6.07, 6.45) is 0.00632. The van der Waals surface area contributed by atoms with E-state index in [2.05, 4.69) is 31.9 Å². The van der Waals surface area contributed by atoms with E-state index in [-0.39, 0.29) is 0 Å². The van der Waals surface area contributed by atoms with Crippen LogP contribution in [0.4, 0.5) is 0 Å². The minimum absolute atomic E-state index is 0.547. The SMILES string of the molecule is COc1cccc(CC(O)c2ccc(Br)cc2Br)c1. The molecule has 1 unspecified atom stereocenters. The summed E-state index contributed by atoms with van der Waals surface area (Å²) in [6.45, 7) is 0. The largest absolute Gasteiger partial charge is 0.497 e. The second-order valence-corrected chi connectivity index (χ2v) is 6.01. The van der Waals surface area contributed by atoms with Crippen LogP contribution in [0.25, 0.3) is 0 Å². The Hall–Kier alpha value is -0.840. The Balaban J connectivity index is 2.17. The Bertz CT molecular complexity index is 570. The number of halogens is 2.